The van der Waals surface area contributed by atoms with E-state index in [0.717, 1.165) is 85.4 Å². The molecule has 220 valence electrons. The molecule has 1 fully saturated rings. The van der Waals surface area contributed by atoms with Crippen molar-refractivity contribution in [3.63, 3.8) is 0 Å². The van der Waals surface area contributed by atoms with Gasteiger partial charge in [0.15, 0.2) is 5.82 Å². The van der Waals surface area contributed by atoms with Gasteiger partial charge in [-0.2, -0.15) is 5.10 Å². The first kappa shape index (κ1) is 28.6. The minimum atomic E-state index is 0.391. The molecule has 5 aromatic rings. The van der Waals surface area contributed by atoms with E-state index in [-0.39, 0.29) is 0 Å². The van der Waals surface area contributed by atoms with E-state index >= 15 is 0 Å². The molecule has 1 saturated heterocycles. The monoisotopic (exact) mass is 573 g/mol. The lowest BCUT2D eigenvalue weighted by Gasteiger charge is -2.31. The van der Waals surface area contributed by atoms with Crippen molar-refractivity contribution < 1.29 is 0 Å². The van der Waals surface area contributed by atoms with E-state index in [1.165, 1.54) is 5.56 Å². The Balaban J connectivity index is 1.13. The van der Waals surface area contributed by atoms with Crippen molar-refractivity contribution in [3.8, 4) is 33.9 Å². The fraction of sp³-hybridized carbons (Fsp3) is 0.324. The quantitative estimate of drug-likeness (QED) is 0.239. The molecule has 0 spiro atoms. The predicted molar refractivity (Wildman–Crippen MR) is 172 cm³/mol. The van der Waals surface area contributed by atoms with Crippen molar-refractivity contribution in [2.45, 2.75) is 25.3 Å². The standard InChI is InChI=1S/C34H39N9/c1-41(2)21-22-42(3)34-36-23-29(26-9-5-4-6-10-26)31(37-34)27-14-12-25(13-15-27)24-43-19-16-28(17-20-43)32-38-33(40-39-32)30-11-7-8-18-35-30/h4-15,18,23,28H,16-17,19-22,24H2,1-3H3,(H,38,39,40). The van der Waals surface area contributed by atoms with Gasteiger partial charge in [0.25, 0.3) is 0 Å². The summed E-state index contributed by atoms with van der Waals surface area (Å²) in [5, 5.41) is 7.58. The van der Waals surface area contributed by atoms with Crippen LogP contribution in [0.2, 0.25) is 0 Å². The van der Waals surface area contributed by atoms with Crippen molar-refractivity contribution in [3.05, 3.63) is 96.6 Å². The molecule has 0 radical (unpaired) electrons. The summed E-state index contributed by atoms with van der Waals surface area (Å²) < 4.78 is 0. The summed E-state index contributed by atoms with van der Waals surface area (Å²) in [6, 6.07) is 25.1. The van der Waals surface area contributed by atoms with Crippen LogP contribution in [0.1, 0.15) is 30.1 Å². The van der Waals surface area contributed by atoms with Gasteiger partial charge in [0.2, 0.25) is 5.95 Å². The van der Waals surface area contributed by atoms with E-state index in [9.17, 15) is 0 Å². The second-order valence-corrected chi connectivity index (χ2v) is 11.5. The van der Waals surface area contributed by atoms with Crippen LogP contribution in [0.15, 0.2) is 85.2 Å². The van der Waals surface area contributed by atoms with Crippen LogP contribution < -0.4 is 4.90 Å². The summed E-state index contributed by atoms with van der Waals surface area (Å²) in [6.45, 7) is 4.77. The molecular weight excluding hydrogens is 534 g/mol. The number of pyridine rings is 1. The number of H-pyrrole nitrogens is 1. The molecule has 0 amide bonds. The first-order valence-corrected chi connectivity index (χ1v) is 15.0. The number of nitrogens with zero attached hydrogens (tertiary/aromatic N) is 8. The number of rotatable bonds is 10. The summed E-state index contributed by atoms with van der Waals surface area (Å²) in [7, 11) is 6.22. The maximum atomic E-state index is 5.07. The number of likely N-dealkylation sites (N-methyl/N-ethyl adjacent to an activating group) is 2. The fourth-order valence-electron chi connectivity index (χ4n) is 5.51. The van der Waals surface area contributed by atoms with E-state index < -0.39 is 0 Å². The molecule has 0 aliphatic carbocycles. The maximum absolute atomic E-state index is 5.07. The summed E-state index contributed by atoms with van der Waals surface area (Å²) in [5.74, 6) is 2.77. The third-order valence-corrected chi connectivity index (χ3v) is 8.09. The number of nitrogens with one attached hydrogen (secondary N) is 1. The third-order valence-electron chi connectivity index (χ3n) is 8.09. The van der Waals surface area contributed by atoms with Gasteiger partial charge in [-0.15, -0.1) is 0 Å². The van der Waals surface area contributed by atoms with Crippen LogP contribution in [0.5, 0.6) is 0 Å². The van der Waals surface area contributed by atoms with Crippen LogP contribution in [-0.4, -0.2) is 87.3 Å². The van der Waals surface area contributed by atoms with Gasteiger partial charge in [-0.05, 0) is 63.3 Å². The van der Waals surface area contributed by atoms with Crippen molar-refractivity contribution in [1.82, 2.24) is 39.9 Å². The fourth-order valence-corrected chi connectivity index (χ4v) is 5.51. The van der Waals surface area contributed by atoms with Gasteiger partial charge >= 0.3 is 0 Å². The SMILES string of the molecule is CN(C)CCN(C)c1ncc(-c2ccccc2)c(-c2ccc(CN3CCC(c4nc(-c5ccccn5)n[nH]4)CC3)cc2)n1. The lowest BCUT2D eigenvalue weighted by molar-refractivity contribution is 0.202. The minimum Gasteiger partial charge on any atom is -0.343 e. The van der Waals surface area contributed by atoms with E-state index in [1.54, 1.807) is 6.20 Å². The Morgan fingerprint density at radius 3 is 2.30 bits per heavy atom. The van der Waals surface area contributed by atoms with E-state index in [4.69, 9.17) is 15.0 Å². The zero-order valence-electron chi connectivity index (χ0n) is 25.2. The van der Waals surface area contributed by atoms with Crippen LogP contribution in [0.25, 0.3) is 33.9 Å². The molecule has 1 aliphatic heterocycles. The number of aromatic nitrogens is 6. The smallest absolute Gasteiger partial charge is 0.225 e. The average Bonchev–Trinajstić information content (AvgIpc) is 3.55. The predicted octanol–water partition coefficient (Wildman–Crippen LogP) is 5.37. The van der Waals surface area contributed by atoms with Gasteiger partial charge < -0.3 is 9.80 Å². The zero-order valence-corrected chi connectivity index (χ0v) is 25.2. The molecule has 3 aromatic heterocycles. The van der Waals surface area contributed by atoms with Gasteiger partial charge in [0.05, 0.1) is 5.69 Å². The molecule has 0 saturated carbocycles. The third kappa shape index (κ3) is 6.96. The molecule has 9 heteroatoms. The molecular formula is C34H39N9. The Morgan fingerprint density at radius 2 is 1.58 bits per heavy atom. The highest BCUT2D eigenvalue weighted by molar-refractivity contribution is 5.81. The lowest BCUT2D eigenvalue weighted by Crippen LogP contribution is -2.32. The topological polar surface area (TPSA) is 90.0 Å². The summed E-state index contributed by atoms with van der Waals surface area (Å²) >= 11 is 0. The molecule has 6 rings (SSSR count). The molecule has 0 unspecified atom stereocenters. The van der Waals surface area contributed by atoms with Crippen molar-refractivity contribution in [2.75, 3.05) is 52.2 Å². The maximum Gasteiger partial charge on any atom is 0.225 e. The van der Waals surface area contributed by atoms with E-state index in [1.807, 2.05) is 30.5 Å². The first-order valence-electron chi connectivity index (χ1n) is 15.0. The number of likely N-dealkylation sites (tertiary alicyclic amines) is 1. The molecule has 0 bridgehead atoms. The largest absolute Gasteiger partial charge is 0.343 e. The molecule has 9 nitrogen and oxygen atoms in total. The molecule has 2 aromatic carbocycles. The number of hydrogen-bond donors (Lipinski definition) is 1. The second-order valence-electron chi connectivity index (χ2n) is 11.5. The average molecular weight is 574 g/mol. The van der Waals surface area contributed by atoms with E-state index in [2.05, 4.69) is 99.6 Å². The van der Waals surface area contributed by atoms with Crippen molar-refractivity contribution >= 4 is 5.95 Å². The molecule has 4 heterocycles. The van der Waals surface area contributed by atoms with Gasteiger partial charge in [-0.25, -0.2) is 15.0 Å². The van der Waals surface area contributed by atoms with Crippen LogP contribution in [-0.2, 0) is 6.54 Å². The van der Waals surface area contributed by atoms with Crippen LogP contribution >= 0.6 is 0 Å². The molecule has 1 aliphatic rings. The summed E-state index contributed by atoms with van der Waals surface area (Å²) in [6.07, 6.45) is 5.85. The molecule has 0 atom stereocenters. The molecule has 43 heavy (non-hydrogen) atoms. The van der Waals surface area contributed by atoms with E-state index in [0.29, 0.717) is 11.7 Å². The Hall–Kier alpha value is -4.47. The Kier molecular flexibility index (Phi) is 8.81. The highest BCUT2D eigenvalue weighted by Gasteiger charge is 2.24. The Morgan fingerprint density at radius 1 is 0.814 bits per heavy atom. The number of piperidine rings is 1. The van der Waals surface area contributed by atoms with Gasteiger partial charge in [-0.1, -0.05) is 60.7 Å². The Bertz CT molecular complexity index is 1590. The van der Waals surface area contributed by atoms with Gasteiger partial charge in [-0.3, -0.25) is 15.0 Å². The van der Waals surface area contributed by atoms with Crippen LogP contribution in [0.3, 0.4) is 0 Å². The van der Waals surface area contributed by atoms with Gasteiger partial charge in [0, 0.05) is 56.1 Å². The highest BCUT2D eigenvalue weighted by atomic mass is 15.2. The highest BCUT2D eigenvalue weighted by Crippen LogP contribution is 2.32. The van der Waals surface area contributed by atoms with Gasteiger partial charge in [0.1, 0.15) is 11.5 Å². The lowest BCUT2D eigenvalue weighted by atomic mass is 9.95. The normalized spacial score (nSPS) is 14.3. The van der Waals surface area contributed by atoms with Crippen LogP contribution in [0.4, 0.5) is 5.95 Å². The Labute approximate surface area is 253 Å². The van der Waals surface area contributed by atoms with Crippen molar-refractivity contribution in [1.29, 1.82) is 0 Å². The summed E-state index contributed by atoms with van der Waals surface area (Å²) in [5.41, 5.74) is 6.32. The molecule has 1 N–H and O–H groups in total. The second kappa shape index (κ2) is 13.2. The number of anilines is 1. The summed E-state index contributed by atoms with van der Waals surface area (Å²) in [4.78, 5) is 25.7. The number of aromatic amines is 1. The number of benzene rings is 2. The zero-order chi connectivity index (χ0) is 29.6. The van der Waals surface area contributed by atoms with Crippen molar-refractivity contribution in [2.24, 2.45) is 0 Å². The minimum absolute atomic E-state index is 0.391. The number of hydrogen-bond acceptors (Lipinski definition) is 8. The van der Waals surface area contributed by atoms with Crippen LogP contribution in [0, 0.1) is 0 Å². The first-order chi connectivity index (χ1) is 21.0.